The van der Waals surface area contributed by atoms with Gasteiger partial charge in [-0.25, -0.2) is 4.79 Å². The molecule has 0 aromatic carbocycles. The standard InChI is InChI=1S/C18H15N3O5S/c1-2-26-14(23)9-13(22)11-7-8-27-17(11)21-16(24)15-10-5-3-4-6-12(10)19-18(25)20-15/h3-5,7-8H,2,6,9H2,1H3,(H,21,24). The molecule has 1 N–H and O–H groups in total. The number of fused-ring (bicyclic) bond motifs is 1. The van der Waals surface area contributed by atoms with E-state index in [0.717, 1.165) is 11.3 Å². The van der Waals surface area contributed by atoms with Crippen LogP contribution in [-0.2, 0) is 14.3 Å². The third kappa shape index (κ3) is 4.14. The van der Waals surface area contributed by atoms with E-state index in [0.29, 0.717) is 17.7 Å². The van der Waals surface area contributed by atoms with Crippen molar-refractivity contribution < 1.29 is 23.9 Å². The monoisotopic (exact) mass is 385 g/mol. The summed E-state index contributed by atoms with van der Waals surface area (Å²) >= 11 is 1.13. The minimum atomic E-state index is -0.743. The second-order valence-corrected chi connectivity index (χ2v) is 6.45. The number of hydrogen-bond donors (Lipinski definition) is 1. The summed E-state index contributed by atoms with van der Waals surface area (Å²) in [5.74, 6) is -1.72. The molecule has 8 nitrogen and oxygen atoms in total. The van der Waals surface area contributed by atoms with Crippen LogP contribution in [-0.4, -0.2) is 41.7 Å². The Morgan fingerprint density at radius 3 is 2.89 bits per heavy atom. The van der Waals surface area contributed by atoms with Gasteiger partial charge in [0.25, 0.3) is 5.91 Å². The second-order valence-electron chi connectivity index (χ2n) is 5.54. The fourth-order valence-electron chi connectivity index (χ4n) is 2.57. The van der Waals surface area contributed by atoms with Crippen LogP contribution in [0.4, 0.5) is 9.80 Å². The van der Waals surface area contributed by atoms with E-state index in [4.69, 9.17) is 4.74 Å². The number of carbonyl (C=O) groups excluding carboxylic acids is 4. The maximum Gasteiger partial charge on any atom is 0.368 e. The Bertz CT molecular complexity index is 952. The highest BCUT2D eigenvalue weighted by atomic mass is 32.1. The average molecular weight is 385 g/mol. The number of nitrogens with one attached hydrogen (secondary N) is 1. The number of anilines is 1. The van der Waals surface area contributed by atoms with Crippen LogP contribution in [0.2, 0.25) is 0 Å². The second kappa shape index (κ2) is 8.00. The fourth-order valence-corrected chi connectivity index (χ4v) is 3.37. The molecule has 1 aromatic rings. The summed E-state index contributed by atoms with van der Waals surface area (Å²) in [5.41, 5.74) is 1.11. The zero-order valence-corrected chi connectivity index (χ0v) is 15.2. The van der Waals surface area contributed by atoms with Crippen molar-refractivity contribution in [2.75, 3.05) is 11.9 Å². The first kappa shape index (κ1) is 18.6. The lowest BCUT2D eigenvalue weighted by molar-refractivity contribution is -0.141. The number of carbonyl (C=O) groups is 4. The number of hydrogen-bond acceptors (Lipinski definition) is 6. The van der Waals surface area contributed by atoms with Gasteiger partial charge in [0.2, 0.25) is 0 Å². The Hall–Kier alpha value is -3.20. The molecule has 1 aliphatic carbocycles. The molecule has 9 heteroatoms. The van der Waals surface area contributed by atoms with E-state index in [1.54, 1.807) is 24.5 Å². The molecule has 138 valence electrons. The number of ketones is 1. The maximum atomic E-state index is 12.7. The normalized spacial score (nSPS) is 15.3. The van der Waals surface area contributed by atoms with E-state index >= 15 is 0 Å². The van der Waals surface area contributed by atoms with E-state index in [2.05, 4.69) is 15.3 Å². The highest BCUT2D eigenvalue weighted by Gasteiger charge is 2.28. The summed E-state index contributed by atoms with van der Waals surface area (Å²) < 4.78 is 4.77. The molecule has 0 spiro atoms. The molecule has 1 aliphatic heterocycles. The van der Waals surface area contributed by atoms with Crippen molar-refractivity contribution in [3.05, 3.63) is 40.8 Å². The smallest absolute Gasteiger partial charge is 0.368 e. The van der Waals surface area contributed by atoms with Crippen LogP contribution in [0.25, 0.3) is 0 Å². The van der Waals surface area contributed by atoms with Crippen molar-refractivity contribution >= 4 is 51.5 Å². The van der Waals surface area contributed by atoms with Gasteiger partial charge in [-0.3, -0.25) is 14.4 Å². The predicted molar refractivity (Wildman–Crippen MR) is 101 cm³/mol. The van der Waals surface area contributed by atoms with Crippen LogP contribution >= 0.6 is 11.3 Å². The number of aliphatic imine (C=N–C) groups is 2. The summed E-state index contributed by atoms with van der Waals surface area (Å²) in [6, 6.07) is 0.776. The topological polar surface area (TPSA) is 114 Å². The quantitative estimate of drug-likeness (QED) is 0.459. The van der Waals surface area contributed by atoms with Crippen LogP contribution in [0.15, 0.2) is 45.2 Å². The van der Waals surface area contributed by atoms with Crippen molar-refractivity contribution in [2.24, 2.45) is 9.98 Å². The van der Waals surface area contributed by atoms with Gasteiger partial charge in [-0.1, -0.05) is 18.2 Å². The number of amides is 3. The van der Waals surface area contributed by atoms with Crippen molar-refractivity contribution in [3.63, 3.8) is 0 Å². The zero-order valence-electron chi connectivity index (χ0n) is 14.4. The lowest BCUT2D eigenvalue weighted by Crippen LogP contribution is -2.32. The molecule has 3 amide bonds. The number of urea groups is 1. The van der Waals surface area contributed by atoms with Crippen LogP contribution in [0.3, 0.4) is 0 Å². The molecule has 2 aliphatic rings. The van der Waals surface area contributed by atoms with Crippen molar-refractivity contribution in [2.45, 2.75) is 19.8 Å². The number of ether oxygens (including phenoxy) is 1. The Morgan fingerprint density at radius 1 is 1.30 bits per heavy atom. The first-order valence-electron chi connectivity index (χ1n) is 8.15. The Morgan fingerprint density at radius 2 is 2.11 bits per heavy atom. The molecule has 0 fully saturated rings. The number of Topliss-reactive ketones (excluding diaryl/α,β-unsaturated/α-hetero) is 1. The van der Waals surface area contributed by atoms with Crippen LogP contribution in [0, 0.1) is 0 Å². The number of rotatable bonds is 6. The molecule has 0 saturated carbocycles. The number of esters is 1. The average Bonchev–Trinajstić information content (AvgIpc) is 3.09. The maximum absolute atomic E-state index is 12.7. The van der Waals surface area contributed by atoms with Crippen molar-refractivity contribution in [1.29, 1.82) is 0 Å². The van der Waals surface area contributed by atoms with Gasteiger partial charge in [0.15, 0.2) is 5.78 Å². The Balaban J connectivity index is 1.78. The summed E-state index contributed by atoms with van der Waals surface area (Å²) in [7, 11) is 0. The molecule has 2 heterocycles. The summed E-state index contributed by atoms with van der Waals surface area (Å²) in [4.78, 5) is 55.7. The van der Waals surface area contributed by atoms with Gasteiger partial charge in [0, 0.05) is 12.0 Å². The molecular weight excluding hydrogens is 370 g/mol. The van der Waals surface area contributed by atoms with Gasteiger partial charge in [-0.05, 0) is 18.4 Å². The van der Waals surface area contributed by atoms with Gasteiger partial charge in [-0.2, -0.15) is 9.98 Å². The third-order valence-electron chi connectivity index (χ3n) is 3.73. The molecular formula is C18H15N3O5S. The molecule has 0 atom stereocenters. The lowest BCUT2D eigenvalue weighted by atomic mass is 9.96. The largest absolute Gasteiger partial charge is 0.466 e. The first-order chi connectivity index (χ1) is 13.0. The number of allylic oxidation sites excluding steroid dienone is 3. The first-order valence-corrected chi connectivity index (χ1v) is 9.03. The van der Waals surface area contributed by atoms with Crippen LogP contribution in [0.1, 0.15) is 30.1 Å². The van der Waals surface area contributed by atoms with Gasteiger partial charge < -0.3 is 10.1 Å². The molecule has 0 unspecified atom stereocenters. The van der Waals surface area contributed by atoms with Gasteiger partial charge >= 0.3 is 12.0 Å². The van der Waals surface area contributed by atoms with Crippen LogP contribution < -0.4 is 5.32 Å². The fraction of sp³-hybridized carbons (Fsp3) is 0.222. The van der Waals surface area contributed by atoms with Gasteiger partial charge in [0.1, 0.15) is 17.1 Å². The van der Waals surface area contributed by atoms with E-state index in [1.165, 1.54) is 6.07 Å². The Kier molecular flexibility index (Phi) is 5.51. The Labute approximate surface area is 158 Å². The molecule has 0 bridgehead atoms. The van der Waals surface area contributed by atoms with Gasteiger partial charge in [-0.15, -0.1) is 11.3 Å². The zero-order chi connectivity index (χ0) is 19.4. The minimum absolute atomic E-state index is 0.0495. The summed E-state index contributed by atoms with van der Waals surface area (Å²) in [5, 5.41) is 4.50. The predicted octanol–water partition coefficient (Wildman–Crippen LogP) is 2.72. The van der Waals surface area contributed by atoms with Crippen molar-refractivity contribution in [1.82, 2.24) is 0 Å². The van der Waals surface area contributed by atoms with E-state index < -0.39 is 30.1 Å². The highest BCUT2D eigenvalue weighted by Crippen LogP contribution is 2.26. The number of thiophene rings is 1. The van der Waals surface area contributed by atoms with Crippen LogP contribution in [0.5, 0.6) is 0 Å². The van der Waals surface area contributed by atoms with Gasteiger partial charge in [0.05, 0.1) is 17.9 Å². The molecule has 1 aromatic heterocycles. The summed E-state index contributed by atoms with van der Waals surface area (Å²) in [6.45, 7) is 1.83. The number of nitrogens with zero attached hydrogens (tertiary/aromatic N) is 2. The SMILES string of the molecule is CCOC(=O)CC(=O)c1ccsc1NC(=O)C1=NC(=O)N=C2CC=CC=C21. The van der Waals surface area contributed by atoms with E-state index in [-0.39, 0.29) is 22.9 Å². The molecule has 27 heavy (non-hydrogen) atoms. The van der Waals surface area contributed by atoms with E-state index in [9.17, 15) is 19.2 Å². The third-order valence-corrected chi connectivity index (χ3v) is 4.56. The molecule has 0 radical (unpaired) electrons. The minimum Gasteiger partial charge on any atom is -0.466 e. The highest BCUT2D eigenvalue weighted by molar-refractivity contribution is 7.15. The summed E-state index contributed by atoms with van der Waals surface area (Å²) in [6.07, 6.45) is 5.26. The van der Waals surface area contributed by atoms with E-state index in [1.807, 2.05) is 6.08 Å². The lowest BCUT2D eigenvalue weighted by Gasteiger charge is -2.17. The van der Waals surface area contributed by atoms with Crippen molar-refractivity contribution in [3.8, 4) is 0 Å². The molecule has 0 saturated heterocycles. The molecule has 3 rings (SSSR count).